The maximum Gasteiger partial charge on any atom is 0.341 e. The van der Waals surface area contributed by atoms with Gasteiger partial charge >= 0.3 is 6.03 Å². The van der Waals surface area contributed by atoms with Gasteiger partial charge in [0.05, 0.1) is 40.9 Å². The molecule has 0 aliphatic carbocycles. The summed E-state index contributed by atoms with van der Waals surface area (Å²) in [6.45, 7) is 4.06. The minimum Gasteiger partial charge on any atom is -0.468 e. The normalized spacial score (nSPS) is 17.9. The average molecular weight is 488 g/mol. The van der Waals surface area contributed by atoms with Crippen molar-refractivity contribution in [2.75, 3.05) is 13.1 Å². The van der Waals surface area contributed by atoms with Crippen LogP contribution in [0.1, 0.15) is 28.7 Å². The molecule has 0 bridgehead atoms. The molecule has 176 valence electrons. The molecule has 4 heterocycles. The number of ether oxygens (including phenoxy) is 1. The molecule has 1 fully saturated rings. The van der Waals surface area contributed by atoms with Gasteiger partial charge in [0.25, 0.3) is 5.88 Å². The maximum atomic E-state index is 14.3. The molecule has 1 aromatic carbocycles. The summed E-state index contributed by atoms with van der Waals surface area (Å²) >= 11 is 1.41. The Balaban J connectivity index is 1.24. The highest BCUT2D eigenvalue weighted by molar-refractivity contribution is 7.15. The SMILES string of the molecule is Cc1nc(C)c(-c2ncc(F)c(OC3CN(C(=O)N4N=CCC4c4cc(F)cc(F)c4)C3)n2)s1. The molecule has 3 aromatic rings. The second kappa shape index (κ2) is 8.67. The van der Waals surface area contributed by atoms with Crippen LogP contribution in [0, 0.1) is 31.3 Å². The lowest BCUT2D eigenvalue weighted by atomic mass is 10.0. The van der Waals surface area contributed by atoms with Gasteiger partial charge in [0.15, 0.2) is 5.82 Å². The van der Waals surface area contributed by atoms with Crippen LogP contribution in [-0.4, -0.2) is 56.3 Å². The van der Waals surface area contributed by atoms with Crippen LogP contribution in [0.3, 0.4) is 0 Å². The molecule has 0 spiro atoms. The molecule has 12 heteroatoms. The summed E-state index contributed by atoms with van der Waals surface area (Å²) in [6, 6.07) is 2.12. The number of hydrogen-bond acceptors (Lipinski definition) is 7. The van der Waals surface area contributed by atoms with Gasteiger partial charge in [-0.05, 0) is 31.5 Å². The van der Waals surface area contributed by atoms with E-state index in [2.05, 4.69) is 20.1 Å². The smallest absolute Gasteiger partial charge is 0.341 e. The zero-order valence-electron chi connectivity index (χ0n) is 18.2. The number of aryl methyl sites for hydroxylation is 2. The highest BCUT2D eigenvalue weighted by Crippen LogP contribution is 2.32. The van der Waals surface area contributed by atoms with Crippen molar-refractivity contribution in [3.8, 4) is 16.6 Å². The van der Waals surface area contributed by atoms with Crippen LogP contribution in [0.5, 0.6) is 5.88 Å². The Hall–Kier alpha value is -3.54. The minimum atomic E-state index is -0.721. The summed E-state index contributed by atoms with van der Waals surface area (Å²) in [6.07, 6.45) is 2.45. The summed E-state index contributed by atoms with van der Waals surface area (Å²) in [5, 5.41) is 6.12. The van der Waals surface area contributed by atoms with Crippen molar-refractivity contribution in [1.29, 1.82) is 0 Å². The monoisotopic (exact) mass is 488 g/mol. The first kappa shape index (κ1) is 22.3. The van der Waals surface area contributed by atoms with Crippen LogP contribution >= 0.6 is 11.3 Å². The number of hydrazone groups is 1. The van der Waals surface area contributed by atoms with Crippen molar-refractivity contribution in [1.82, 2.24) is 24.9 Å². The van der Waals surface area contributed by atoms with Crippen molar-refractivity contribution in [3.63, 3.8) is 0 Å². The third kappa shape index (κ3) is 4.20. The number of hydrogen-bond donors (Lipinski definition) is 0. The first-order chi connectivity index (χ1) is 16.3. The number of carbonyl (C=O) groups excluding carboxylic acids is 1. The molecule has 34 heavy (non-hydrogen) atoms. The molecule has 2 aliphatic rings. The van der Waals surface area contributed by atoms with E-state index in [0.29, 0.717) is 17.8 Å². The first-order valence-electron chi connectivity index (χ1n) is 10.5. The molecule has 2 amide bonds. The Bertz CT molecular complexity index is 1270. The summed E-state index contributed by atoms with van der Waals surface area (Å²) in [7, 11) is 0. The quantitative estimate of drug-likeness (QED) is 0.548. The lowest BCUT2D eigenvalue weighted by molar-refractivity contribution is 0.0230. The lowest BCUT2D eigenvalue weighted by Gasteiger charge is -2.40. The van der Waals surface area contributed by atoms with E-state index in [9.17, 15) is 18.0 Å². The second-order valence-corrected chi connectivity index (χ2v) is 9.22. The number of halogens is 3. The van der Waals surface area contributed by atoms with E-state index in [1.807, 2.05) is 13.8 Å². The molecule has 0 saturated carbocycles. The molecular formula is C22H19F3N6O2S. The summed E-state index contributed by atoms with van der Waals surface area (Å²) < 4.78 is 47.3. The van der Waals surface area contributed by atoms with Crippen molar-refractivity contribution >= 4 is 23.6 Å². The fraction of sp³-hybridized carbons (Fsp3) is 0.318. The molecule has 2 aromatic heterocycles. The predicted molar refractivity (Wildman–Crippen MR) is 118 cm³/mol. The highest BCUT2D eigenvalue weighted by Gasteiger charge is 2.39. The van der Waals surface area contributed by atoms with E-state index in [1.54, 1.807) is 0 Å². The van der Waals surface area contributed by atoms with Crippen LogP contribution < -0.4 is 4.74 Å². The number of amides is 2. The molecular weight excluding hydrogens is 469 g/mol. The highest BCUT2D eigenvalue weighted by atomic mass is 32.1. The summed E-state index contributed by atoms with van der Waals surface area (Å²) in [5.74, 6) is -2.02. The van der Waals surface area contributed by atoms with Crippen molar-refractivity contribution in [3.05, 3.63) is 58.1 Å². The van der Waals surface area contributed by atoms with Gasteiger partial charge in [-0.3, -0.25) is 0 Å². The van der Waals surface area contributed by atoms with E-state index in [-0.39, 0.29) is 19.0 Å². The first-order valence-corrected chi connectivity index (χ1v) is 11.3. The van der Waals surface area contributed by atoms with E-state index in [4.69, 9.17) is 4.74 Å². The maximum absolute atomic E-state index is 14.3. The van der Waals surface area contributed by atoms with Crippen LogP contribution in [-0.2, 0) is 0 Å². The number of urea groups is 1. The van der Waals surface area contributed by atoms with Crippen molar-refractivity contribution in [2.45, 2.75) is 32.4 Å². The Morgan fingerprint density at radius 3 is 2.53 bits per heavy atom. The van der Waals surface area contributed by atoms with Crippen molar-refractivity contribution < 1.29 is 22.7 Å². The predicted octanol–water partition coefficient (Wildman–Crippen LogP) is 4.25. The number of nitrogens with zero attached hydrogens (tertiary/aromatic N) is 6. The zero-order chi connectivity index (χ0) is 24.0. The number of likely N-dealkylation sites (tertiary alicyclic amines) is 1. The van der Waals surface area contributed by atoms with Gasteiger partial charge in [-0.2, -0.15) is 14.5 Å². The molecule has 1 unspecified atom stereocenters. The Labute approximate surface area is 196 Å². The molecule has 5 rings (SSSR count). The average Bonchev–Trinajstić information content (AvgIpc) is 3.37. The largest absolute Gasteiger partial charge is 0.468 e. The van der Waals surface area contributed by atoms with Gasteiger partial charge in [-0.25, -0.2) is 28.6 Å². The minimum absolute atomic E-state index is 0.187. The second-order valence-electron chi connectivity index (χ2n) is 8.02. The Kier molecular flexibility index (Phi) is 5.68. The van der Waals surface area contributed by atoms with Crippen molar-refractivity contribution in [2.24, 2.45) is 5.10 Å². The summed E-state index contributed by atoms with van der Waals surface area (Å²) in [5.41, 5.74) is 1.07. The van der Waals surface area contributed by atoms with E-state index in [1.165, 1.54) is 39.6 Å². The van der Waals surface area contributed by atoms with Crippen LogP contribution in [0.25, 0.3) is 10.7 Å². The van der Waals surface area contributed by atoms with Crippen LogP contribution in [0.15, 0.2) is 29.5 Å². The molecule has 2 aliphatic heterocycles. The molecule has 1 saturated heterocycles. The fourth-order valence-corrected chi connectivity index (χ4v) is 4.76. The molecule has 0 N–H and O–H groups in total. The third-order valence-corrected chi connectivity index (χ3v) is 6.58. The third-order valence-electron chi connectivity index (χ3n) is 5.51. The van der Waals surface area contributed by atoms with Crippen LogP contribution in [0.2, 0.25) is 0 Å². The molecule has 1 atom stereocenters. The summed E-state index contributed by atoms with van der Waals surface area (Å²) in [4.78, 5) is 27.7. The van der Waals surface area contributed by atoms with E-state index < -0.39 is 35.6 Å². The van der Waals surface area contributed by atoms with Gasteiger partial charge in [0.1, 0.15) is 17.7 Å². The number of carbonyl (C=O) groups is 1. The topological polar surface area (TPSA) is 83.8 Å². The van der Waals surface area contributed by atoms with E-state index >= 15 is 0 Å². The number of benzene rings is 1. The van der Waals surface area contributed by atoms with Crippen LogP contribution in [0.4, 0.5) is 18.0 Å². The van der Waals surface area contributed by atoms with Gasteiger partial charge in [-0.1, -0.05) is 0 Å². The van der Waals surface area contributed by atoms with E-state index in [0.717, 1.165) is 27.8 Å². The number of thiazole rings is 1. The Morgan fingerprint density at radius 2 is 1.85 bits per heavy atom. The Morgan fingerprint density at radius 1 is 1.12 bits per heavy atom. The van der Waals surface area contributed by atoms with Gasteiger partial charge in [-0.15, -0.1) is 11.3 Å². The standard InChI is InChI=1S/C22H19F3N6O2S/c1-11-19(34-12(2)28-11)20-26-8-17(25)21(29-20)33-16-9-30(10-16)22(32)31-18(3-4-27-31)13-5-14(23)7-15(24)6-13/h4-8,16,18H,3,9-10H2,1-2H3. The fourth-order valence-electron chi connectivity index (χ4n) is 3.90. The number of aromatic nitrogens is 3. The molecule has 0 radical (unpaired) electrons. The zero-order valence-corrected chi connectivity index (χ0v) is 19.0. The van der Waals surface area contributed by atoms with Gasteiger partial charge in [0.2, 0.25) is 5.82 Å². The molecule has 8 nitrogen and oxygen atoms in total. The van der Waals surface area contributed by atoms with Gasteiger partial charge in [0, 0.05) is 18.7 Å². The number of rotatable bonds is 4. The lowest BCUT2D eigenvalue weighted by Crippen LogP contribution is -2.59. The van der Waals surface area contributed by atoms with Gasteiger partial charge < -0.3 is 9.64 Å².